The molecule has 4 aromatic heterocycles. The van der Waals surface area contributed by atoms with Crippen molar-refractivity contribution in [1.82, 2.24) is 29.3 Å². The number of fused-ring (bicyclic) bond motifs is 1. The fourth-order valence-electron chi connectivity index (χ4n) is 2.54. The van der Waals surface area contributed by atoms with Crippen molar-refractivity contribution in [2.24, 2.45) is 0 Å². The first-order chi connectivity index (χ1) is 11.7. The summed E-state index contributed by atoms with van der Waals surface area (Å²) >= 11 is 0. The molecule has 0 aliphatic rings. The Morgan fingerprint density at radius 1 is 1.17 bits per heavy atom. The quantitative estimate of drug-likeness (QED) is 0.600. The molecule has 0 amide bonds. The van der Waals surface area contributed by atoms with Crippen molar-refractivity contribution in [3.8, 4) is 17.3 Å². The minimum atomic E-state index is 0.564. The number of aromatic nitrogens is 6. The van der Waals surface area contributed by atoms with E-state index >= 15 is 0 Å². The van der Waals surface area contributed by atoms with Gasteiger partial charge in [-0.15, -0.1) is 0 Å². The van der Waals surface area contributed by atoms with Gasteiger partial charge in [0, 0.05) is 18.5 Å². The Labute approximate surface area is 137 Å². The van der Waals surface area contributed by atoms with Gasteiger partial charge in [-0.25, -0.2) is 19.9 Å². The second kappa shape index (κ2) is 5.65. The second-order valence-electron chi connectivity index (χ2n) is 5.20. The van der Waals surface area contributed by atoms with E-state index in [9.17, 15) is 0 Å². The van der Waals surface area contributed by atoms with Gasteiger partial charge in [0.05, 0.1) is 42.3 Å². The normalized spacial score (nSPS) is 10.9. The monoisotopic (exact) mass is 321 g/mol. The molecule has 2 N–H and O–H groups in total. The van der Waals surface area contributed by atoms with Crippen molar-refractivity contribution in [3.63, 3.8) is 0 Å². The molecule has 0 aromatic carbocycles. The molecule has 0 unspecified atom stereocenters. The topological polar surface area (TPSA) is 93.0 Å². The summed E-state index contributed by atoms with van der Waals surface area (Å²) in [6, 6.07) is 5.53. The first-order valence-corrected chi connectivity index (χ1v) is 7.37. The Bertz CT molecular complexity index is 987. The third kappa shape index (κ3) is 2.43. The predicted molar refractivity (Wildman–Crippen MR) is 89.4 cm³/mol. The summed E-state index contributed by atoms with van der Waals surface area (Å²) in [7, 11) is 1.58. The molecule has 0 fully saturated rings. The molecule has 0 saturated carbocycles. The van der Waals surface area contributed by atoms with Crippen molar-refractivity contribution in [3.05, 3.63) is 48.7 Å². The molecule has 4 aromatic rings. The first kappa shape index (κ1) is 14.2. The van der Waals surface area contributed by atoms with Crippen LogP contribution in [-0.4, -0.2) is 36.4 Å². The van der Waals surface area contributed by atoms with Crippen LogP contribution in [-0.2, 0) is 0 Å². The number of imidazole rings is 2. The van der Waals surface area contributed by atoms with Crippen molar-refractivity contribution >= 4 is 17.4 Å². The molecule has 0 atom stereocenters. The summed E-state index contributed by atoms with van der Waals surface area (Å²) in [5.74, 6) is 1.85. The van der Waals surface area contributed by atoms with E-state index in [1.807, 2.05) is 29.7 Å². The lowest BCUT2D eigenvalue weighted by atomic mass is 10.3. The van der Waals surface area contributed by atoms with E-state index in [0.29, 0.717) is 17.6 Å². The zero-order valence-corrected chi connectivity index (χ0v) is 13.2. The van der Waals surface area contributed by atoms with Gasteiger partial charge in [0.25, 0.3) is 0 Å². The maximum Gasteiger partial charge on any atom is 0.234 e. The van der Waals surface area contributed by atoms with Crippen molar-refractivity contribution < 1.29 is 4.74 Å². The molecule has 0 spiro atoms. The smallest absolute Gasteiger partial charge is 0.234 e. The zero-order valence-electron chi connectivity index (χ0n) is 13.2. The number of nitrogens with zero attached hydrogens (tertiary/aromatic N) is 5. The fourth-order valence-corrected chi connectivity index (χ4v) is 2.54. The fraction of sp³-hybridized carbons (Fsp3) is 0.125. The third-order valence-corrected chi connectivity index (χ3v) is 3.62. The average molecular weight is 321 g/mol. The standard InChI is InChI=1S/C16H15N7O/c1-10-14(23-7-3-6-17-16(23)20-10)12-9-19-15(22-12)21-11-4-5-13(24-2)18-8-11/h3-9H,1-2H3,(H2,19,21,22). The lowest BCUT2D eigenvalue weighted by Gasteiger charge is -2.03. The number of ether oxygens (including phenoxy) is 1. The third-order valence-electron chi connectivity index (χ3n) is 3.62. The van der Waals surface area contributed by atoms with Gasteiger partial charge >= 0.3 is 0 Å². The van der Waals surface area contributed by atoms with Crippen LogP contribution in [0.2, 0.25) is 0 Å². The Kier molecular flexibility index (Phi) is 3.34. The van der Waals surface area contributed by atoms with Gasteiger partial charge in [-0.3, -0.25) is 4.40 Å². The minimum Gasteiger partial charge on any atom is -0.481 e. The van der Waals surface area contributed by atoms with E-state index in [1.54, 1.807) is 31.8 Å². The number of aryl methyl sites for hydroxylation is 1. The number of methoxy groups -OCH3 is 1. The highest BCUT2D eigenvalue weighted by molar-refractivity contribution is 5.64. The summed E-state index contributed by atoms with van der Waals surface area (Å²) in [4.78, 5) is 20.5. The average Bonchev–Trinajstić information content (AvgIpc) is 3.18. The van der Waals surface area contributed by atoms with Gasteiger partial charge in [-0.1, -0.05) is 0 Å². The van der Waals surface area contributed by atoms with Crippen LogP contribution in [0.3, 0.4) is 0 Å². The maximum absolute atomic E-state index is 5.05. The minimum absolute atomic E-state index is 0.564. The number of rotatable bonds is 4. The highest BCUT2D eigenvalue weighted by atomic mass is 16.5. The van der Waals surface area contributed by atoms with Crippen LogP contribution in [0.4, 0.5) is 11.6 Å². The van der Waals surface area contributed by atoms with E-state index in [-0.39, 0.29) is 0 Å². The Hall–Kier alpha value is -3.42. The number of anilines is 2. The Morgan fingerprint density at radius 3 is 2.88 bits per heavy atom. The molecule has 8 nitrogen and oxygen atoms in total. The van der Waals surface area contributed by atoms with E-state index in [0.717, 1.165) is 22.8 Å². The molecule has 0 saturated heterocycles. The molecule has 4 rings (SSSR count). The molecule has 0 radical (unpaired) electrons. The lowest BCUT2D eigenvalue weighted by Crippen LogP contribution is -1.95. The number of H-pyrrole nitrogens is 1. The van der Waals surface area contributed by atoms with E-state index in [2.05, 4.69) is 30.2 Å². The molecule has 0 aliphatic carbocycles. The summed E-state index contributed by atoms with van der Waals surface area (Å²) in [5, 5.41) is 3.18. The van der Waals surface area contributed by atoms with E-state index < -0.39 is 0 Å². The lowest BCUT2D eigenvalue weighted by molar-refractivity contribution is 0.398. The van der Waals surface area contributed by atoms with Crippen LogP contribution in [0.25, 0.3) is 17.2 Å². The molecule has 8 heteroatoms. The van der Waals surface area contributed by atoms with Crippen LogP contribution < -0.4 is 10.1 Å². The number of hydrogen-bond donors (Lipinski definition) is 2. The first-order valence-electron chi connectivity index (χ1n) is 7.37. The van der Waals surface area contributed by atoms with Crippen LogP contribution in [0, 0.1) is 6.92 Å². The van der Waals surface area contributed by atoms with Gasteiger partial charge in [0.15, 0.2) is 0 Å². The predicted octanol–water partition coefficient (Wildman–Crippen LogP) is 2.58. The summed E-state index contributed by atoms with van der Waals surface area (Å²) < 4.78 is 6.98. The maximum atomic E-state index is 5.05. The summed E-state index contributed by atoms with van der Waals surface area (Å²) in [6.07, 6.45) is 7.11. The van der Waals surface area contributed by atoms with Gasteiger partial charge in [-0.2, -0.15) is 0 Å². The van der Waals surface area contributed by atoms with Crippen LogP contribution in [0.15, 0.2) is 43.0 Å². The van der Waals surface area contributed by atoms with Crippen molar-refractivity contribution in [2.75, 3.05) is 12.4 Å². The molecule has 120 valence electrons. The molecule has 0 bridgehead atoms. The van der Waals surface area contributed by atoms with E-state index in [1.165, 1.54) is 0 Å². The number of hydrogen-bond acceptors (Lipinski definition) is 6. The summed E-state index contributed by atoms with van der Waals surface area (Å²) in [6.45, 7) is 1.95. The highest BCUT2D eigenvalue weighted by Crippen LogP contribution is 2.24. The molecule has 4 heterocycles. The largest absolute Gasteiger partial charge is 0.481 e. The second-order valence-corrected chi connectivity index (χ2v) is 5.20. The van der Waals surface area contributed by atoms with Crippen molar-refractivity contribution in [1.29, 1.82) is 0 Å². The molecular formula is C16H15N7O. The van der Waals surface area contributed by atoms with E-state index in [4.69, 9.17) is 4.74 Å². The number of pyridine rings is 1. The Balaban J connectivity index is 1.65. The van der Waals surface area contributed by atoms with Crippen LogP contribution >= 0.6 is 0 Å². The van der Waals surface area contributed by atoms with Gasteiger partial charge in [0.2, 0.25) is 17.6 Å². The van der Waals surface area contributed by atoms with Crippen LogP contribution in [0.1, 0.15) is 5.69 Å². The summed E-state index contributed by atoms with van der Waals surface area (Å²) in [5.41, 5.74) is 3.49. The van der Waals surface area contributed by atoms with Crippen molar-refractivity contribution in [2.45, 2.75) is 6.92 Å². The Morgan fingerprint density at radius 2 is 2.08 bits per heavy atom. The highest BCUT2D eigenvalue weighted by Gasteiger charge is 2.13. The molecule has 0 aliphatic heterocycles. The van der Waals surface area contributed by atoms with Gasteiger partial charge < -0.3 is 15.0 Å². The van der Waals surface area contributed by atoms with Crippen LogP contribution in [0.5, 0.6) is 5.88 Å². The SMILES string of the molecule is COc1ccc(Nc2ncc(-c3c(C)nc4ncccn34)[nH]2)cn1. The number of nitrogens with one attached hydrogen (secondary N) is 2. The number of aromatic amines is 1. The van der Waals surface area contributed by atoms with Gasteiger partial charge in [-0.05, 0) is 19.1 Å². The molecule has 24 heavy (non-hydrogen) atoms. The molecular weight excluding hydrogens is 306 g/mol. The van der Waals surface area contributed by atoms with Gasteiger partial charge in [0.1, 0.15) is 0 Å². The zero-order chi connectivity index (χ0) is 16.5.